The molecule has 0 saturated heterocycles. The zero-order chi connectivity index (χ0) is 15.1. The third-order valence-electron chi connectivity index (χ3n) is 2.18. The van der Waals surface area contributed by atoms with E-state index in [9.17, 15) is 9.59 Å². The average Bonchev–Trinajstić information content (AvgIpc) is 2.39. The Morgan fingerprint density at radius 1 is 1.50 bits per heavy atom. The Bertz CT molecular complexity index is 500. The second-order valence-corrected chi connectivity index (χ2v) is 5.90. The first-order valence-electron chi connectivity index (χ1n) is 5.83. The van der Waals surface area contributed by atoms with Crippen molar-refractivity contribution in [1.29, 1.82) is 0 Å². The summed E-state index contributed by atoms with van der Waals surface area (Å²) >= 11 is 12.8. The van der Waals surface area contributed by atoms with Gasteiger partial charge < -0.3 is 10.1 Å². The summed E-state index contributed by atoms with van der Waals surface area (Å²) in [5, 5.41) is 2.79. The summed E-state index contributed by atoms with van der Waals surface area (Å²) < 4.78 is 4.78. The van der Waals surface area contributed by atoms with Crippen molar-refractivity contribution in [2.45, 2.75) is 19.1 Å². The molecule has 1 aromatic heterocycles. The Morgan fingerprint density at radius 3 is 2.80 bits per heavy atom. The number of carbonyl (C=O) groups excluding carboxylic acids is 2. The maximum atomic E-state index is 11.9. The molecule has 0 spiro atoms. The molecular formula is C12H14Cl2N2O3S. The molecular weight excluding hydrogens is 323 g/mol. The summed E-state index contributed by atoms with van der Waals surface area (Å²) in [4.78, 5) is 27.0. The molecule has 1 atom stereocenters. The van der Waals surface area contributed by atoms with Gasteiger partial charge in [0.05, 0.1) is 27.7 Å². The van der Waals surface area contributed by atoms with Gasteiger partial charge in [0.25, 0.3) is 0 Å². The van der Waals surface area contributed by atoms with E-state index in [0.29, 0.717) is 11.6 Å². The van der Waals surface area contributed by atoms with E-state index in [0.717, 1.165) is 0 Å². The van der Waals surface area contributed by atoms with Crippen LogP contribution in [0.5, 0.6) is 0 Å². The van der Waals surface area contributed by atoms with Gasteiger partial charge in [-0.15, -0.1) is 11.8 Å². The summed E-state index contributed by atoms with van der Waals surface area (Å²) in [6.45, 7) is 3.74. The Balaban J connectivity index is 2.51. The number of esters is 1. The molecule has 0 fully saturated rings. The Morgan fingerprint density at radius 2 is 2.20 bits per heavy atom. The van der Waals surface area contributed by atoms with E-state index >= 15 is 0 Å². The van der Waals surface area contributed by atoms with Gasteiger partial charge in [0.1, 0.15) is 0 Å². The van der Waals surface area contributed by atoms with Crippen LogP contribution in [0.25, 0.3) is 0 Å². The maximum Gasteiger partial charge on any atom is 0.315 e. The Kier molecular flexibility index (Phi) is 7.12. The van der Waals surface area contributed by atoms with Gasteiger partial charge in [-0.25, -0.2) is 4.98 Å². The predicted octanol–water partition coefficient (Wildman–Crippen LogP) is 3.01. The number of hydrogen-bond donors (Lipinski definition) is 1. The molecule has 0 aliphatic heterocycles. The number of halogens is 2. The molecule has 1 aromatic rings. The first kappa shape index (κ1) is 17.1. The van der Waals surface area contributed by atoms with Crippen molar-refractivity contribution >= 4 is 52.7 Å². The largest absolute Gasteiger partial charge is 0.465 e. The fourth-order valence-electron chi connectivity index (χ4n) is 1.20. The minimum Gasteiger partial charge on any atom is -0.465 e. The van der Waals surface area contributed by atoms with Crippen LogP contribution in [0.4, 0.5) is 5.82 Å². The molecule has 0 bridgehead atoms. The number of pyridine rings is 1. The lowest BCUT2D eigenvalue weighted by Gasteiger charge is -2.12. The number of ether oxygens (including phenoxy) is 1. The molecule has 0 aliphatic carbocycles. The van der Waals surface area contributed by atoms with Crippen molar-refractivity contribution in [3.63, 3.8) is 0 Å². The van der Waals surface area contributed by atoms with Crippen LogP contribution < -0.4 is 5.32 Å². The van der Waals surface area contributed by atoms with Crippen LogP contribution in [0.2, 0.25) is 10.0 Å². The van der Waals surface area contributed by atoms with Crippen molar-refractivity contribution < 1.29 is 14.3 Å². The Hall–Kier alpha value is -0.980. The first-order valence-corrected chi connectivity index (χ1v) is 7.63. The highest BCUT2D eigenvalue weighted by Crippen LogP contribution is 2.23. The molecule has 5 nitrogen and oxygen atoms in total. The highest BCUT2D eigenvalue weighted by atomic mass is 35.5. The van der Waals surface area contributed by atoms with Crippen molar-refractivity contribution in [3.05, 3.63) is 22.3 Å². The highest BCUT2D eigenvalue weighted by molar-refractivity contribution is 8.01. The third-order valence-corrected chi connectivity index (χ3v) is 3.79. The smallest absolute Gasteiger partial charge is 0.315 e. The molecule has 1 amide bonds. The fraction of sp³-hybridized carbons (Fsp3) is 0.417. The second-order valence-electron chi connectivity index (χ2n) is 3.73. The van der Waals surface area contributed by atoms with E-state index in [4.69, 9.17) is 27.9 Å². The average molecular weight is 337 g/mol. The van der Waals surface area contributed by atoms with E-state index in [1.807, 2.05) is 0 Å². The minimum absolute atomic E-state index is 0.115. The zero-order valence-electron chi connectivity index (χ0n) is 11.0. The van der Waals surface area contributed by atoms with E-state index in [2.05, 4.69) is 10.3 Å². The van der Waals surface area contributed by atoms with Gasteiger partial charge in [-0.3, -0.25) is 9.59 Å². The van der Waals surface area contributed by atoms with Crippen molar-refractivity contribution in [2.75, 3.05) is 17.7 Å². The molecule has 20 heavy (non-hydrogen) atoms. The highest BCUT2D eigenvalue weighted by Gasteiger charge is 2.17. The fourth-order valence-corrected chi connectivity index (χ4v) is 2.30. The van der Waals surface area contributed by atoms with Gasteiger partial charge >= 0.3 is 5.97 Å². The van der Waals surface area contributed by atoms with Gasteiger partial charge in [-0.1, -0.05) is 23.2 Å². The minimum atomic E-state index is -0.437. The number of nitrogens with zero attached hydrogens (tertiary/aromatic N) is 1. The van der Waals surface area contributed by atoms with Gasteiger partial charge in [0, 0.05) is 6.20 Å². The van der Waals surface area contributed by atoms with Crippen LogP contribution >= 0.6 is 35.0 Å². The lowest BCUT2D eigenvalue weighted by molar-refractivity contribution is -0.139. The monoisotopic (exact) mass is 336 g/mol. The summed E-state index contributed by atoms with van der Waals surface area (Å²) in [6.07, 6.45) is 1.39. The summed E-state index contributed by atoms with van der Waals surface area (Å²) in [7, 11) is 0. The lowest BCUT2D eigenvalue weighted by atomic mass is 10.4. The molecule has 0 radical (unpaired) electrons. The van der Waals surface area contributed by atoms with Crippen LogP contribution in [0.3, 0.4) is 0 Å². The summed E-state index contributed by atoms with van der Waals surface area (Å²) in [5.41, 5.74) is 0. The third kappa shape index (κ3) is 5.56. The topological polar surface area (TPSA) is 68.3 Å². The van der Waals surface area contributed by atoms with Gasteiger partial charge in [0.2, 0.25) is 5.91 Å². The molecule has 8 heteroatoms. The number of nitrogens with one attached hydrogen (secondary N) is 1. The quantitative estimate of drug-likeness (QED) is 0.808. The van der Waals surface area contributed by atoms with Gasteiger partial charge in [0.15, 0.2) is 5.82 Å². The molecule has 0 saturated carbocycles. The maximum absolute atomic E-state index is 11.9. The van der Waals surface area contributed by atoms with Crippen molar-refractivity contribution in [2.24, 2.45) is 0 Å². The number of hydrogen-bond acceptors (Lipinski definition) is 5. The van der Waals surface area contributed by atoms with E-state index < -0.39 is 5.25 Å². The standard InChI is InChI=1S/C12H14Cl2N2O3S/c1-3-19-10(17)6-20-7(2)12(18)16-11-9(14)4-8(13)5-15-11/h4-5,7H,3,6H2,1-2H3,(H,15,16,18)/t7-/m1/s1. The van der Waals surface area contributed by atoms with E-state index in [1.54, 1.807) is 13.8 Å². The molecule has 0 aliphatic rings. The molecule has 0 unspecified atom stereocenters. The second kappa shape index (κ2) is 8.34. The molecule has 0 aromatic carbocycles. The van der Waals surface area contributed by atoms with Crippen LogP contribution in [0, 0.1) is 0 Å². The molecule has 1 N–H and O–H groups in total. The predicted molar refractivity (Wildman–Crippen MR) is 81.4 cm³/mol. The molecule has 110 valence electrons. The van der Waals surface area contributed by atoms with Crippen molar-refractivity contribution in [1.82, 2.24) is 4.98 Å². The number of thioether (sulfide) groups is 1. The van der Waals surface area contributed by atoms with Crippen LogP contribution in [-0.2, 0) is 14.3 Å². The number of carbonyl (C=O) groups is 2. The lowest BCUT2D eigenvalue weighted by Crippen LogP contribution is -2.24. The van der Waals surface area contributed by atoms with E-state index in [-0.39, 0.29) is 28.5 Å². The number of anilines is 1. The van der Waals surface area contributed by atoms with Gasteiger partial charge in [-0.05, 0) is 19.9 Å². The summed E-state index contributed by atoms with van der Waals surface area (Å²) in [5.74, 6) is -0.287. The van der Waals surface area contributed by atoms with Crippen molar-refractivity contribution in [3.8, 4) is 0 Å². The molecule has 1 heterocycles. The zero-order valence-corrected chi connectivity index (χ0v) is 13.3. The van der Waals surface area contributed by atoms with Crippen LogP contribution in [0.15, 0.2) is 12.3 Å². The Labute approximate surface area is 131 Å². The number of aromatic nitrogens is 1. The van der Waals surface area contributed by atoms with E-state index in [1.165, 1.54) is 24.0 Å². The summed E-state index contributed by atoms with van der Waals surface area (Å²) in [6, 6.07) is 1.49. The van der Waals surface area contributed by atoms with Crippen LogP contribution in [0.1, 0.15) is 13.8 Å². The number of rotatable bonds is 6. The first-order chi connectivity index (χ1) is 9.43. The number of amides is 1. The van der Waals surface area contributed by atoms with Gasteiger partial charge in [-0.2, -0.15) is 0 Å². The normalized spacial score (nSPS) is 11.8. The molecule has 1 rings (SSSR count). The SMILES string of the molecule is CCOC(=O)CS[C@H](C)C(=O)Nc1ncc(Cl)cc1Cl. The van der Waals surface area contributed by atoms with Crippen LogP contribution in [-0.4, -0.2) is 34.5 Å².